The first-order chi connectivity index (χ1) is 15.4. The van der Waals surface area contributed by atoms with Crippen LogP contribution in [0.1, 0.15) is 25.0 Å². The Kier molecular flexibility index (Phi) is 7.93. The number of ether oxygens (including phenoxy) is 5. The zero-order chi connectivity index (χ0) is 23.1. The van der Waals surface area contributed by atoms with Gasteiger partial charge in [0.1, 0.15) is 6.10 Å². The van der Waals surface area contributed by atoms with Crippen molar-refractivity contribution in [1.29, 1.82) is 0 Å². The van der Waals surface area contributed by atoms with Crippen molar-refractivity contribution in [3.63, 3.8) is 0 Å². The van der Waals surface area contributed by atoms with Crippen molar-refractivity contribution in [2.45, 2.75) is 19.4 Å². The molecule has 32 heavy (non-hydrogen) atoms. The van der Waals surface area contributed by atoms with Crippen LogP contribution >= 0.6 is 12.6 Å². The number of fused-ring (bicyclic) bond motifs is 1. The van der Waals surface area contributed by atoms with E-state index in [-0.39, 0.29) is 30.8 Å². The van der Waals surface area contributed by atoms with Gasteiger partial charge in [0.2, 0.25) is 6.79 Å². The second-order valence-electron chi connectivity index (χ2n) is 7.09. The largest absolute Gasteiger partial charge is 0.504 e. The summed E-state index contributed by atoms with van der Waals surface area (Å²) in [5, 5.41) is 12.8. The van der Waals surface area contributed by atoms with Crippen LogP contribution in [0.15, 0.2) is 36.4 Å². The number of phenolic OH excluding ortho intramolecular Hbond substituents is 1. The number of anilines is 1. The van der Waals surface area contributed by atoms with Crippen LogP contribution in [-0.2, 0) is 14.3 Å². The second-order valence-corrected chi connectivity index (χ2v) is 7.41. The van der Waals surface area contributed by atoms with Crippen molar-refractivity contribution in [3.05, 3.63) is 42.0 Å². The summed E-state index contributed by atoms with van der Waals surface area (Å²) in [6.07, 6.45) is -0.993. The fourth-order valence-electron chi connectivity index (χ4n) is 3.19. The Hall–Kier alpha value is -3.27. The van der Waals surface area contributed by atoms with Gasteiger partial charge >= 0.3 is 12.1 Å². The van der Waals surface area contributed by atoms with Crippen LogP contribution in [0.2, 0.25) is 0 Å². The maximum atomic E-state index is 12.6. The molecule has 0 radical (unpaired) electrons. The van der Waals surface area contributed by atoms with Gasteiger partial charge in [0.25, 0.3) is 0 Å². The van der Waals surface area contributed by atoms with Gasteiger partial charge < -0.3 is 28.8 Å². The van der Waals surface area contributed by atoms with Gasteiger partial charge in [-0.1, -0.05) is 13.0 Å². The minimum absolute atomic E-state index is 0.0153. The summed E-state index contributed by atoms with van der Waals surface area (Å²) in [5.74, 6) is 0.659. The number of thiol groups is 1. The van der Waals surface area contributed by atoms with Gasteiger partial charge in [0.05, 0.1) is 19.5 Å². The molecule has 9 nitrogen and oxygen atoms in total. The summed E-state index contributed by atoms with van der Waals surface area (Å²) in [4.78, 5) is 24.0. The number of phenols is 1. The molecule has 2 aromatic rings. The Bertz CT molecular complexity index is 967. The van der Waals surface area contributed by atoms with E-state index in [1.165, 1.54) is 13.2 Å². The summed E-state index contributed by atoms with van der Waals surface area (Å²) in [7, 11) is 1.44. The third kappa shape index (κ3) is 5.91. The molecule has 0 unspecified atom stereocenters. The molecule has 0 saturated carbocycles. The molecule has 2 atom stereocenters. The van der Waals surface area contributed by atoms with Crippen molar-refractivity contribution in [1.82, 2.24) is 0 Å². The number of esters is 1. The van der Waals surface area contributed by atoms with Crippen LogP contribution < -0.4 is 19.5 Å². The smallest absolute Gasteiger partial charge is 0.412 e. The molecule has 1 heterocycles. The zero-order valence-corrected chi connectivity index (χ0v) is 18.6. The average molecular weight is 464 g/mol. The monoisotopic (exact) mass is 463 g/mol. The van der Waals surface area contributed by atoms with Gasteiger partial charge in [0, 0.05) is 17.7 Å². The van der Waals surface area contributed by atoms with E-state index in [0.717, 1.165) is 0 Å². The molecule has 0 aromatic heterocycles. The van der Waals surface area contributed by atoms with Gasteiger partial charge in [-0.15, -0.1) is 0 Å². The number of amides is 1. The standard InChI is InChI=1S/C22H25NO8S/c1-13(7-8-28-20(25)11-32)21(14-3-5-17(27-2)16(24)9-14)31-22(26)23-15-4-6-18-19(10-15)30-12-29-18/h3-6,9-10,13,21,24,32H,7-8,11-12H2,1-2H3,(H,23,26)/t13-,21-/m0/s1. The molecule has 2 aromatic carbocycles. The number of benzene rings is 2. The lowest BCUT2D eigenvalue weighted by molar-refractivity contribution is -0.141. The van der Waals surface area contributed by atoms with Crippen molar-refractivity contribution in [2.24, 2.45) is 5.92 Å². The van der Waals surface area contributed by atoms with E-state index in [1.54, 1.807) is 30.3 Å². The number of rotatable bonds is 9. The number of carbonyl (C=O) groups excluding carboxylic acids is 2. The average Bonchev–Trinajstić information content (AvgIpc) is 3.25. The highest BCUT2D eigenvalue weighted by Gasteiger charge is 2.26. The number of aromatic hydroxyl groups is 1. The van der Waals surface area contributed by atoms with Gasteiger partial charge in [0.15, 0.2) is 23.0 Å². The number of nitrogens with one attached hydrogen (secondary N) is 1. The summed E-state index contributed by atoms with van der Waals surface area (Å²) in [6, 6.07) is 9.77. The minimum Gasteiger partial charge on any atom is -0.504 e. The first-order valence-electron chi connectivity index (χ1n) is 9.92. The molecule has 3 rings (SSSR count). The van der Waals surface area contributed by atoms with Crippen LogP contribution in [0.3, 0.4) is 0 Å². The molecule has 1 aliphatic rings. The Morgan fingerprint density at radius 3 is 2.69 bits per heavy atom. The van der Waals surface area contributed by atoms with Gasteiger partial charge in [-0.05, 0) is 36.2 Å². The molecule has 0 aliphatic carbocycles. The molecule has 0 bridgehead atoms. The fourth-order valence-corrected chi connectivity index (χ4v) is 3.28. The lowest BCUT2D eigenvalue weighted by atomic mass is 9.94. The lowest BCUT2D eigenvalue weighted by Gasteiger charge is -2.25. The van der Waals surface area contributed by atoms with E-state index in [1.807, 2.05) is 6.92 Å². The third-order valence-electron chi connectivity index (χ3n) is 4.87. The van der Waals surface area contributed by atoms with E-state index in [9.17, 15) is 14.7 Å². The molecule has 0 spiro atoms. The van der Waals surface area contributed by atoms with Crippen molar-refractivity contribution >= 4 is 30.4 Å². The topological polar surface area (TPSA) is 113 Å². The van der Waals surface area contributed by atoms with Gasteiger partial charge in [-0.3, -0.25) is 10.1 Å². The van der Waals surface area contributed by atoms with Crippen LogP contribution in [0.4, 0.5) is 10.5 Å². The van der Waals surface area contributed by atoms with Crippen LogP contribution in [0.25, 0.3) is 0 Å². The Balaban J connectivity index is 1.72. The van der Waals surface area contributed by atoms with Gasteiger partial charge in [-0.25, -0.2) is 4.79 Å². The lowest BCUT2D eigenvalue weighted by Crippen LogP contribution is -2.23. The van der Waals surface area contributed by atoms with Crippen molar-refractivity contribution in [2.75, 3.05) is 31.6 Å². The molecule has 1 aliphatic heterocycles. The normalized spacial score (nSPS) is 13.7. The maximum absolute atomic E-state index is 12.6. The van der Waals surface area contributed by atoms with E-state index in [4.69, 9.17) is 23.7 Å². The first kappa shape index (κ1) is 23.4. The highest BCUT2D eigenvalue weighted by molar-refractivity contribution is 7.81. The number of hydrogen-bond acceptors (Lipinski definition) is 9. The summed E-state index contributed by atoms with van der Waals surface area (Å²) in [5.41, 5.74) is 1.04. The van der Waals surface area contributed by atoms with E-state index >= 15 is 0 Å². The van der Waals surface area contributed by atoms with E-state index in [0.29, 0.717) is 34.9 Å². The summed E-state index contributed by atoms with van der Waals surface area (Å²) in [6.45, 7) is 2.13. The van der Waals surface area contributed by atoms with Gasteiger partial charge in [-0.2, -0.15) is 12.6 Å². The Labute approximate surface area is 191 Å². The first-order valence-corrected chi connectivity index (χ1v) is 10.5. The highest BCUT2D eigenvalue weighted by Crippen LogP contribution is 2.36. The summed E-state index contributed by atoms with van der Waals surface area (Å²) >= 11 is 3.88. The number of methoxy groups -OCH3 is 1. The van der Waals surface area contributed by atoms with Crippen molar-refractivity contribution < 1.29 is 38.4 Å². The number of carbonyl (C=O) groups is 2. The van der Waals surface area contributed by atoms with E-state index < -0.39 is 18.2 Å². The predicted molar refractivity (Wildman–Crippen MR) is 119 cm³/mol. The molecule has 2 N–H and O–H groups in total. The SMILES string of the molecule is COc1ccc([C@@H](OC(=O)Nc2ccc3c(c2)OCO3)[C@@H](C)CCOC(=O)CS)cc1O. The summed E-state index contributed by atoms with van der Waals surface area (Å²) < 4.78 is 26.5. The fraction of sp³-hybridized carbons (Fsp3) is 0.364. The highest BCUT2D eigenvalue weighted by atomic mass is 32.1. The molecule has 172 valence electrons. The molecule has 0 saturated heterocycles. The Morgan fingerprint density at radius 2 is 1.97 bits per heavy atom. The Morgan fingerprint density at radius 1 is 1.19 bits per heavy atom. The quantitative estimate of drug-likeness (QED) is 0.379. The molecular weight excluding hydrogens is 438 g/mol. The minimum atomic E-state index is -0.726. The van der Waals surface area contributed by atoms with Crippen LogP contribution in [-0.4, -0.2) is 43.4 Å². The molecule has 10 heteroatoms. The predicted octanol–water partition coefficient (Wildman–Crippen LogP) is 3.92. The van der Waals surface area contributed by atoms with Crippen molar-refractivity contribution in [3.8, 4) is 23.0 Å². The molecule has 1 amide bonds. The van der Waals surface area contributed by atoms with Crippen LogP contribution in [0.5, 0.6) is 23.0 Å². The second kappa shape index (κ2) is 10.9. The van der Waals surface area contributed by atoms with E-state index in [2.05, 4.69) is 17.9 Å². The third-order valence-corrected chi connectivity index (χ3v) is 5.12. The molecular formula is C22H25NO8S. The molecule has 0 fully saturated rings. The number of hydrogen-bond donors (Lipinski definition) is 3. The van der Waals surface area contributed by atoms with Crippen LogP contribution in [0, 0.1) is 5.92 Å². The maximum Gasteiger partial charge on any atom is 0.412 e. The zero-order valence-electron chi connectivity index (χ0n) is 17.7.